The number of carbonyl (C=O) groups is 1. The second kappa shape index (κ2) is 12.4. The molecule has 0 unspecified atom stereocenters. The van der Waals surface area contributed by atoms with Gasteiger partial charge in [-0.15, -0.1) is 0 Å². The van der Waals surface area contributed by atoms with E-state index in [0.29, 0.717) is 41.2 Å². The number of aryl methyl sites for hydroxylation is 2. The normalized spacial score (nSPS) is 11.5. The number of amides is 1. The van der Waals surface area contributed by atoms with E-state index in [4.69, 9.17) is 9.47 Å². The zero-order valence-electron chi connectivity index (χ0n) is 21.6. The van der Waals surface area contributed by atoms with Crippen molar-refractivity contribution in [2.24, 2.45) is 5.92 Å². The molecular formula is C27H31N4O5S-. The molecule has 0 saturated heterocycles. The summed E-state index contributed by atoms with van der Waals surface area (Å²) in [5.41, 5.74) is 1.83. The van der Waals surface area contributed by atoms with Crippen LogP contribution >= 0.6 is 0 Å². The molecule has 0 aliphatic carbocycles. The van der Waals surface area contributed by atoms with Gasteiger partial charge < -0.3 is 24.5 Å². The Hall–Kier alpha value is -3.92. The van der Waals surface area contributed by atoms with E-state index in [1.165, 1.54) is 36.4 Å². The van der Waals surface area contributed by atoms with Crippen LogP contribution in [-0.4, -0.2) is 38.0 Å². The van der Waals surface area contributed by atoms with Gasteiger partial charge in [-0.05, 0) is 86.1 Å². The van der Waals surface area contributed by atoms with Crippen LogP contribution in [0.5, 0.6) is 11.5 Å². The smallest absolute Gasteiger partial charge is 0.248 e. The highest BCUT2D eigenvalue weighted by atomic mass is 32.2. The lowest BCUT2D eigenvalue weighted by Gasteiger charge is -2.17. The average molecular weight is 524 g/mol. The molecule has 196 valence electrons. The average Bonchev–Trinajstić information content (AvgIpc) is 2.82. The Morgan fingerprint density at radius 3 is 2.43 bits per heavy atom. The Labute approximate surface area is 218 Å². The minimum absolute atomic E-state index is 0.0160. The van der Waals surface area contributed by atoms with Crippen molar-refractivity contribution in [3.8, 4) is 11.5 Å². The Morgan fingerprint density at radius 1 is 1.05 bits per heavy atom. The third kappa shape index (κ3) is 8.32. The van der Waals surface area contributed by atoms with Gasteiger partial charge in [0.2, 0.25) is 15.9 Å². The molecule has 0 radical (unpaired) electrons. The minimum atomic E-state index is -3.97. The number of nitrogens with one attached hydrogen (secondary N) is 1. The first kappa shape index (κ1) is 27.7. The van der Waals surface area contributed by atoms with Crippen LogP contribution in [0.15, 0.2) is 59.5 Å². The molecule has 3 rings (SSSR count). The number of aromatic nitrogens is 2. The van der Waals surface area contributed by atoms with Gasteiger partial charge in [0.05, 0.1) is 18.6 Å². The third-order valence-corrected chi connectivity index (χ3v) is 6.45. The number of rotatable bonds is 11. The lowest BCUT2D eigenvalue weighted by Crippen LogP contribution is -2.08. The first-order valence-corrected chi connectivity index (χ1v) is 13.2. The van der Waals surface area contributed by atoms with Crippen molar-refractivity contribution >= 4 is 33.5 Å². The zero-order valence-corrected chi connectivity index (χ0v) is 22.4. The summed E-state index contributed by atoms with van der Waals surface area (Å²) in [4.78, 5) is 20.5. The highest BCUT2D eigenvalue weighted by Gasteiger charge is 2.11. The highest BCUT2D eigenvalue weighted by Crippen LogP contribution is 2.29. The van der Waals surface area contributed by atoms with Crippen LogP contribution in [-0.2, 0) is 14.8 Å². The minimum Gasteiger partial charge on any atom is -0.493 e. The Bertz CT molecular complexity index is 1350. The standard InChI is InChI=1S/C27H32N4O5S/c1-18(2)14-15-36-24-12-6-21(17-25(24)35-5)7-13-27(32)30-22-8-10-23(11-9-22)37(33,34)31-26-16-19(3)28-20(4)29-26/h6-13,16-18H,14-15H2,1-5H3,(H2,28,29,30,31,32)/p-1. The number of ether oxygens (including phenoxy) is 2. The second-order valence-electron chi connectivity index (χ2n) is 8.77. The Morgan fingerprint density at radius 2 is 1.78 bits per heavy atom. The zero-order chi connectivity index (χ0) is 27.0. The fourth-order valence-electron chi connectivity index (χ4n) is 3.30. The molecule has 2 aromatic carbocycles. The largest absolute Gasteiger partial charge is 0.493 e. The van der Waals surface area contributed by atoms with E-state index in [9.17, 15) is 13.2 Å². The SMILES string of the molecule is COc1cc(C=CC(=O)Nc2ccc(S(=O)(=O)[N-]c3cc(C)nc(C)n3)cc2)ccc1OCCC(C)C. The van der Waals surface area contributed by atoms with Crippen LogP contribution < -0.4 is 14.8 Å². The van der Waals surface area contributed by atoms with E-state index in [2.05, 4.69) is 33.9 Å². The summed E-state index contributed by atoms with van der Waals surface area (Å²) >= 11 is 0. The maximum atomic E-state index is 12.6. The summed E-state index contributed by atoms with van der Waals surface area (Å²) in [6, 6.07) is 12.7. The van der Waals surface area contributed by atoms with E-state index in [-0.39, 0.29) is 16.6 Å². The number of benzene rings is 2. The Kier molecular flexibility index (Phi) is 9.24. The maximum absolute atomic E-state index is 12.6. The number of anilines is 1. The monoisotopic (exact) mass is 523 g/mol. The van der Waals surface area contributed by atoms with Crippen LogP contribution in [0.2, 0.25) is 0 Å². The van der Waals surface area contributed by atoms with Crippen LogP contribution in [0.1, 0.15) is 37.4 Å². The van der Waals surface area contributed by atoms with Crippen molar-refractivity contribution < 1.29 is 22.7 Å². The van der Waals surface area contributed by atoms with Crippen LogP contribution in [0.4, 0.5) is 11.5 Å². The van der Waals surface area contributed by atoms with E-state index < -0.39 is 10.0 Å². The van der Waals surface area contributed by atoms with Crippen molar-refractivity contribution in [1.82, 2.24) is 9.97 Å². The molecule has 0 spiro atoms. The molecule has 10 heteroatoms. The van der Waals surface area contributed by atoms with E-state index in [1.807, 2.05) is 12.1 Å². The maximum Gasteiger partial charge on any atom is 0.248 e. The van der Waals surface area contributed by atoms with Crippen LogP contribution in [0.25, 0.3) is 10.8 Å². The number of sulfonamides is 1. The van der Waals surface area contributed by atoms with E-state index in [0.717, 1.165) is 12.0 Å². The van der Waals surface area contributed by atoms with Gasteiger partial charge in [-0.3, -0.25) is 9.78 Å². The molecule has 1 amide bonds. The van der Waals surface area contributed by atoms with E-state index in [1.54, 1.807) is 33.1 Å². The molecule has 9 nitrogen and oxygen atoms in total. The quantitative estimate of drug-likeness (QED) is 0.326. The van der Waals surface area contributed by atoms with Gasteiger partial charge in [-0.1, -0.05) is 19.9 Å². The topological polar surface area (TPSA) is 122 Å². The molecule has 0 aliphatic heterocycles. The lowest BCUT2D eigenvalue weighted by atomic mass is 10.1. The summed E-state index contributed by atoms with van der Waals surface area (Å²) in [7, 11) is -2.41. The van der Waals surface area contributed by atoms with Crippen molar-refractivity contribution in [3.05, 3.63) is 76.4 Å². The van der Waals surface area contributed by atoms with Gasteiger partial charge in [0, 0.05) is 23.3 Å². The number of methoxy groups -OCH3 is 1. The molecule has 0 saturated carbocycles. The third-order valence-electron chi connectivity index (χ3n) is 5.15. The number of nitrogens with zero attached hydrogens (tertiary/aromatic N) is 3. The highest BCUT2D eigenvalue weighted by molar-refractivity contribution is 7.94. The molecular weight excluding hydrogens is 492 g/mol. The summed E-state index contributed by atoms with van der Waals surface area (Å²) in [6.07, 6.45) is 3.97. The summed E-state index contributed by atoms with van der Waals surface area (Å²) in [5.74, 6) is 1.91. The van der Waals surface area contributed by atoms with Crippen molar-refractivity contribution in [2.75, 3.05) is 19.0 Å². The van der Waals surface area contributed by atoms with Gasteiger partial charge >= 0.3 is 0 Å². The van der Waals surface area contributed by atoms with Crippen molar-refractivity contribution in [3.63, 3.8) is 0 Å². The first-order valence-electron chi connectivity index (χ1n) is 11.8. The first-order chi connectivity index (χ1) is 17.6. The van der Waals surface area contributed by atoms with Gasteiger partial charge in [0.1, 0.15) is 0 Å². The summed E-state index contributed by atoms with van der Waals surface area (Å²) in [5, 5.41) is 2.71. The molecule has 0 aliphatic rings. The Balaban J connectivity index is 1.61. The van der Waals surface area contributed by atoms with Crippen molar-refractivity contribution in [2.45, 2.75) is 39.0 Å². The summed E-state index contributed by atoms with van der Waals surface area (Å²) in [6.45, 7) is 8.27. The lowest BCUT2D eigenvalue weighted by molar-refractivity contribution is -0.111. The van der Waals surface area contributed by atoms with Gasteiger partial charge in [0.25, 0.3) is 0 Å². The van der Waals surface area contributed by atoms with Crippen molar-refractivity contribution in [1.29, 1.82) is 0 Å². The molecule has 3 aromatic rings. The molecule has 0 bridgehead atoms. The summed E-state index contributed by atoms with van der Waals surface area (Å²) < 4.78 is 40.3. The second-order valence-corrected chi connectivity index (χ2v) is 10.4. The van der Waals surface area contributed by atoms with Crippen LogP contribution in [0.3, 0.4) is 0 Å². The van der Waals surface area contributed by atoms with Gasteiger partial charge in [0.15, 0.2) is 11.5 Å². The molecule has 0 fully saturated rings. The van der Waals surface area contributed by atoms with Crippen LogP contribution in [0, 0.1) is 19.8 Å². The predicted octanol–water partition coefficient (Wildman–Crippen LogP) is 5.57. The molecule has 1 heterocycles. The fourth-order valence-corrected chi connectivity index (χ4v) is 4.22. The number of hydrogen-bond acceptors (Lipinski definition) is 7. The van der Waals surface area contributed by atoms with Gasteiger partial charge in [-0.25, -0.2) is 8.42 Å². The fraction of sp³-hybridized carbons (Fsp3) is 0.296. The number of hydrogen-bond donors (Lipinski definition) is 1. The molecule has 1 N–H and O–H groups in total. The van der Waals surface area contributed by atoms with Gasteiger partial charge in [-0.2, -0.15) is 0 Å². The number of carbonyl (C=O) groups excluding carboxylic acids is 1. The molecule has 0 atom stereocenters. The molecule has 37 heavy (non-hydrogen) atoms. The molecule has 1 aromatic heterocycles. The predicted molar refractivity (Wildman–Crippen MR) is 144 cm³/mol. The van der Waals surface area contributed by atoms with E-state index >= 15 is 0 Å².